The SMILES string of the molecule is CCN1CCN(C(=O)c2cnc(N3CCN(c4ccccc4)CC3)nc2)CC1. The first-order valence-corrected chi connectivity index (χ1v) is 10.1. The van der Waals surface area contributed by atoms with Gasteiger partial charge in [-0.05, 0) is 18.7 Å². The fourth-order valence-corrected chi connectivity index (χ4v) is 3.85. The summed E-state index contributed by atoms with van der Waals surface area (Å²) in [6, 6.07) is 10.5. The van der Waals surface area contributed by atoms with E-state index in [1.807, 2.05) is 11.0 Å². The van der Waals surface area contributed by atoms with E-state index in [0.29, 0.717) is 11.5 Å². The van der Waals surface area contributed by atoms with Crippen LogP contribution in [-0.2, 0) is 0 Å². The third kappa shape index (κ3) is 4.09. The first-order chi connectivity index (χ1) is 13.7. The van der Waals surface area contributed by atoms with Crippen LogP contribution >= 0.6 is 0 Å². The predicted octanol–water partition coefficient (Wildman–Crippen LogP) is 1.58. The van der Waals surface area contributed by atoms with Gasteiger partial charge < -0.3 is 19.6 Å². The van der Waals surface area contributed by atoms with Gasteiger partial charge in [-0.25, -0.2) is 9.97 Å². The Balaban J connectivity index is 1.33. The molecule has 0 atom stereocenters. The molecule has 1 aromatic heterocycles. The van der Waals surface area contributed by atoms with Crippen molar-refractivity contribution in [2.45, 2.75) is 6.92 Å². The zero-order chi connectivity index (χ0) is 19.3. The topological polar surface area (TPSA) is 55.8 Å². The quantitative estimate of drug-likeness (QED) is 0.803. The highest BCUT2D eigenvalue weighted by atomic mass is 16.2. The summed E-state index contributed by atoms with van der Waals surface area (Å²) in [5, 5.41) is 0. The Kier molecular flexibility index (Phi) is 5.71. The monoisotopic (exact) mass is 380 g/mol. The van der Waals surface area contributed by atoms with E-state index < -0.39 is 0 Å². The average molecular weight is 380 g/mol. The Labute approximate surface area is 166 Å². The summed E-state index contributed by atoms with van der Waals surface area (Å²) < 4.78 is 0. The molecule has 2 aliphatic heterocycles. The fraction of sp³-hybridized carbons (Fsp3) is 0.476. The first-order valence-electron chi connectivity index (χ1n) is 10.1. The zero-order valence-electron chi connectivity index (χ0n) is 16.5. The van der Waals surface area contributed by atoms with E-state index in [2.05, 4.69) is 55.9 Å². The van der Waals surface area contributed by atoms with E-state index in [9.17, 15) is 4.79 Å². The van der Waals surface area contributed by atoms with Crippen molar-refractivity contribution < 1.29 is 4.79 Å². The summed E-state index contributed by atoms with van der Waals surface area (Å²) in [4.78, 5) is 30.5. The van der Waals surface area contributed by atoms with Gasteiger partial charge in [0.05, 0.1) is 5.56 Å². The van der Waals surface area contributed by atoms with E-state index in [4.69, 9.17) is 0 Å². The van der Waals surface area contributed by atoms with Crippen molar-refractivity contribution in [3.8, 4) is 0 Å². The molecule has 2 fully saturated rings. The van der Waals surface area contributed by atoms with Crippen molar-refractivity contribution >= 4 is 17.5 Å². The third-order valence-electron chi connectivity index (χ3n) is 5.68. The lowest BCUT2D eigenvalue weighted by Crippen LogP contribution is -2.48. The van der Waals surface area contributed by atoms with Crippen molar-refractivity contribution in [2.24, 2.45) is 0 Å². The molecular weight excluding hydrogens is 352 g/mol. The number of rotatable bonds is 4. The number of piperazine rings is 2. The highest BCUT2D eigenvalue weighted by molar-refractivity contribution is 5.93. The molecule has 2 aromatic rings. The number of carbonyl (C=O) groups is 1. The van der Waals surface area contributed by atoms with Gasteiger partial charge in [-0.2, -0.15) is 0 Å². The minimum Gasteiger partial charge on any atom is -0.368 e. The highest BCUT2D eigenvalue weighted by Gasteiger charge is 2.23. The molecule has 0 spiro atoms. The zero-order valence-corrected chi connectivity index (χ0v) is 16.5. The third-order valence-corrected chi connectivity index (χ3v) is 5.68. The highest BCUT2D eigenvalue weighted by Crippen LogP contribution is 2.18. The van der Waals surface area contributed by atoms with Crippen LogP contribution in [-0.4, -0.2) is 84.6 Å². The molecule has 7 nitrogen and oxygen atoms in total. The van der Waals surface area contributed by atoms with Crippen LogP contribution in [0.25, 0.3) is 0 Å². The van der Waals surface area contributed by atoms with Crippen LogP contribution < -0.4 is 9.80 Å². The number of likely N-dealkylation sites (N-methyl/N-ethyl adjacent to an activating group) is 1. The lowest BCUT2D eigenvalue weighted by molar-refractivity contribution is 0.0642. The summed E-state index contributed by atoms with van der Waals surface area (Å²) in [6.45, 7) is 10.3. The van der Waals surface area contributed by atoms with Gasteiger partial charge in [0.15, 0.2) is 0 Å². The molecule has 0 aliphatic carbocycles. The number of amides is 1. The summed E-state index contributed by atoms with van der Waals surface area (Å²) in [6.07, 6.45) is 3.36. The van der Waals surface area contributed by atoms with Gasteiger partial charge in [0.25, 0.3) is 5.91 Å². The van der Waals surface area contributed by atoms with Crippen LogP contribution in [0.3, 0.4) is 0 Å². The van der Waals surface area contributed by atoms with Gasteiger partial charge >= 0.3 is 0 Å². The van der Waals surface area contributed by atoms with Gasteiger partial charge in [0.2, 0.25) is 5.95 Å². The molecule has 2 saturated heterocycles. The molecule has 0 saturated carbocycles. The van der Waals surface area contributed by atoms with Crippen molar-refractivity contribution in [1.29, 1.82) is 0 Å². The van der Waals surface area contributed by atoms with Crippen molar-refractivity contribution in [1.82, 2.24) is 19.8 Å². The lowest BCUT2D eigenvalue weighted by atomic mass is 10.2. The van der Waals surface area contributed by atoms with Gasteiger partial charge in [-0.15, -0.1) is 0 Å². The summed E-state index contributed by atoms with van der Waals surface area (Å²) in [7, 11) is 0. The van der Waals surface area contributed by atoms with Crippen LogP contribution in [0.5, 0.6) is 0 Å². The molecule has 0 unspecified atom stereocenters. The van der Waals surface area contributed by atoms with Gasteiger partial charge in [0, 0.05) is 70.4 Å². The molecule has 0 N–H and O–H groups in total. The summed E-state index contributed by atoms with van der Waals surface area (Å²) >= 11 is 0. The Morgan fingerprint density at radius 1 is 0.857 bits per heavy atom. The molecule has 2 aliphatic rings. The Morgan fingerprint density at radius 3 is 2.07 bits per heavy atom. The van der Waals surface area contributed by atoms with Crippen LogP contribution in [0.15, 0.2) is 42.7 Å². The maximum Gasteiger partial charge on any atom is 0.257 e. The Hall–Kier alpha value is -2.67. The minimum atomic E-state index is 0.0381. The van der Waals surface area contributed by atoms with Gasteiger partial charge in [-0.1, -0.05) is 25.1 Å². The molecule has 0 bridgehead atoms. The molecule has 1 amide bonds. The standard InChI is InChI=1S/C21H28N6O/c1-2-24-8-10-26(11-9-24)20(28)18-16-22-21(23-17-18)27-14-12-25(13-15-27)19-6-4-3-5-7-19/h3-7,16-17H,2,8-15H2,1H3. The van der Waals surface area contributed by atoms with Crippen LogP contribution in [0, 0.1) is 0 Å². The Morgan fingerprint density at radius 2 is 1.46 bits per heavy atom. The Bertz CT molecular complexity index is 765. The predicted molar refractivity (Wildman–Crippen MR) is 111 cm³/mol. The number of hydrogen-bond acceptors (Lipinski definition) is 6. The van der Waals surface area contributed by atoms with E-state index >= 15 is 0 Å². The smallest absolute Gasteiger partial charge is 0.257 e. The molecule has 3 heterocycles. The summed E-state index contributed by atoms with van der Waals surface area (Å²) in [5.41, 5.74) is 1.84. The van der Waals surface area contributed by atoms with E-state index in [-0.39, 0.29) is 5.91 Å². The molecule has 28 heavy (non-hydrogen) atoms. The molecule has 4 rings (SSSR count). The largest absolute Gasteiger partial charge is 0.368 e. The van der Waals surface area contributed by atoms with E-state index in [1.54, 1.807) is 12.4 Å². The number of aromatic nitrogens is 2. The van der Waals surface area contributed by atoms with Crippen molar-refractivity contribution in [3.05, 3.63) is 48.3 Å². The second-order valence-corrected chi connectivity index (χ2v) is 7.31. The second kappa shape index (κ2) is 8.56. The number of para-hydroxylation sites is 1. The van der Waals surface area contributed by atoms with Crippen LogP contribution in [0.2, 0.25) is 0 Å². The van der Waals surface area contributed by atoms with Crippen molar-refractivity contribution in [2.75, 3.05) is 68.7 Å². The normalized spacial score (nSPS) is 18.4. The number of carbonyl (C=O) groups excluding carboxylic acids is 1. The van der Waals surface area contributed by atoms with Gasteiger partial charge in [-0.3, -0.25) is 4.79 Å². The van der Waals surface area contributed by atoms with Crippen molar-refractivity contribution in [3.63, 3.8) is 0 Å². The second-order valence-electron chi connectivity index (χ2n) is 7.31. The number of benzene rings is 1. The number of nitrogens with zero attached hydrogens (tertiary/aromatic N) is 6. The van der Waals surface area contributed by atoms with Crippen LogP contribution in [0.4, 0.5) is 11.6 Å². The first kappa shape index (κ1) is 18.7. The van der Waals surface area contributed by atoms with Gasteiger partial charge in [0.1, 0.15) is 0 Å². The minimum absolute atomic E-state index is 0.0381. The summed E-state index contributed by atoms with van der Waals surface area (Å²) in [5.74, 6) is 0.747. The van der Waals surface area contributed by atoms with E-state index in [1.165, 1.54) is 5.69 Å². The molecule has 1 aromatic carbocycles. The molecular formula is C21H28N6O. The lowest BCUT2D eigenvalue weighted by Gasteiger charge is -2.36. The van der Waals surface area contributed by atoms with E-state index in [0.717, 1.165) is 58.9 Å². The maximum absolute atomic E-state index is 12.7. The maximum atomic E-state index is 12.7. The number of hydrogen-bond donors (Lipinski definition) is 0. The molecule has 0 radical (unpaired) electrons. The molecule has 148 valence electrons. The fourth-order valence-electron chi connectivity index (χ4n) is 3.85. The van der Waals surface area contributed by atoms with Crippen LogP contribution in [0.1, 0.15) is 17.3 Å². The molecule has 7 heteroatoms. The average Bonchev–Trinajstić information content (AvgIpc) is 2.79. The number of anilines is 2.